The number of nitrogens with zero attached hydrogens (tertiary/aromatic N) is 2. The van der Waals surface area contributed by atoms with E-state index in [4.69, 9.17) is 23.2 Å². The van der Waals surface area contributed by atoms with Gasteiger partial charge in [0.15, 0.2) is 0 Å². The summed E-state index contributed by atoms with van der Waals surface area (Å²) in [6, 6.07) is 17.3. The van der Waals surface area contributed by atoms with Gasteiger partial charge in [-0.05, 0) is 74.2 Å². The number of hydrogen-bond acceptors (Lipinski definition) is 4. The van der Waals surface area contributed by atoms with Crippen LogP contribution >= 0.6 is 23.2 Å². The first-order chi connectivity index (χ1) is 19.0. The average molecular weight is 605 g/mol. The summed E-state index contributed by atoms with van der Waals surface area (Å²) in [5.41, 5.74) is 2.69. The summed E-state index contributed by atoms with van der Waals surface area (Å²) in [7, 11) is -4.14. The standard InChI is InChI=1S/C30H35Cl2N3O4S/c1-5-17-33-30(37)28(6-2)34(19-25-26(31)13-10-14-27(25)32)29(36)20-35(23-16-15-21(3)22(4)18-23)40(38,39)24-11-8-7-9-12-24/h7-16,18,28H,5-6,17,19-20H2,1-4H3,(H,33,37). The predicted molar refractivity (Wildman–Crippen MR) is 161 cm³/mol. The molecule has 1 unspecified atom stereocenters. The molecule has 40 heavy (non-hydrogen) atoms. The molecule has 0 aliphatic carbocycles. The molecular formula is C30H35Cl2N3O4S. The van der Waals surface area contributed by atoms with E-state index in [1.165, 1.54) is 17.0 Å². The molecule has 2 amide bonds. The van der Waals surface area contributed by atoms with Crippen molar-refractivity contribution in [2.45, 2.75) is 58.0 Å². The van der Waals surface area contributed by atoms with E-state index in [9.17, 15) is 18.0 Å². The first-order valence-electron chi connectivity index (χ1n) is 13.2. The molecule has 10 heteroatoms. The maximum Gasteiger partial charge on any atom is 0.264 e. The van der Waals surface area contributed by atoms with Crippen LogP contribution in [0.2, 0.25) is 10.0 Å². The van der Waals surface area contributed by atoms with Crippen molar-refractivity contribution in [3.8, 4) is 0 Å². The Morgan fingerprint density at radius 1 is 0.900 bits per heavy atom. The van der Waals surface area contributed by atoms with Crippen LogP contribution in [0.25, 0.3) is 0 Å². The fraction of sp³-hybridized carbons (Fsp3) is 0.333. The molecule has 0 radical (unpaired) electrons. The molecule has 0 aliphatic rings. The van der Waals surface area contributed by atoms with Crippen LogP contribution in [-0.2, 0) is 26.2 Å². The highest BCUT2D eigenvalue weighted by Gasteiger charge is 2.34. The van der Waals surface area contributed by atoms with Crippen LogP contribution in [0.15, 0.2) is 71.6 Å². The Balaban J connectivity index is 2.10. The lowest BCUT2D eigenvalue weighted by atomic mass is 10.1. The van der Waals surface area contributed by atoms with Gasteiger partial charge in [-0.15, -0.1) is 0 Å². The number of hydrogen-bond donors (Lipinski definition) is 1. The summed E-state index contributed by atoms with van der Waals surface area (Å²) < 4.78 is 28.9. The van der Waals surface area contributed by atoms with E-state index in [-0.39, 0.29) is 17.3 Å². The molecule has 0 spiro atoms. The lowest BCUT2D eigenvalue weighted by Crippen LogP contribution is -2.52. The zero-order chi connectivity index (χ0) is 29.4. The average Bonchev–Trinajstić information content (AvgIpc) is 2.93. The van der Waals surface area contributed by atoms with Crippen molar-refractivity contribution in [3.63, 3.8) is 0 Å². The van der Waals surface area contributed by atoms with Crippen LogP contribution in [0.5, 0.6) is 0 Å². The molecule has 3 aromatic rings. The quantitative estimate of drug-likeness (QED) is 0.269. The zero-order valence-corrected chi connectivity index (χ0v) is 25.5. The van der Waals surface area contributed by atoms with E-state index in [1.807, 2.05) is 26.8 Å². The summed E-state index contributed by atoms with van der Waals surface area (Å²) in [6.45, 7) is 7.39. The molecule has 0 saturated heterocycles. The fourth-order valence-corrected chi connectivity index (χ4v) is 6.21. The number of carbonyl (C=O) groups is 2. The number of aryl methyl sites for hydroxylation is 2. The van der Waals surface area contributed by atoms with E-state index in [1.54, 1.807) is 55.5 Å². The van der Waals surface area contributed by atoms with Gasteiger partial charge in [-0.25, -0.2) is 8.42 Å². The van der Waals surface area contributed by atoms with Crippen LogP contribution in [0, 0.1) is 13.8 Å². The highest BCUT2D eigenvalue weighted by Crippen LogP contribution is 2.29. The van der Waals surface area contributed by atoms with Gasteiger partial charge in [0.1, 0.15) is 12.6 Å². The monoisotopic (exact) mass is 603 g/mol. The summed E-state index contributed by atoms with van der Waals surface area (Å²) in [5.74, 6) is -0.892. The van der Waals surface area contributed by atoms with E-state index in [0.717, 1.165) is 21.9 Å². The fourth-order valence-electron chi connectivity index (χ4n) is 4.27. The number of halogens is 2. The molecule has 0 bridgehead atoms. The van der Waals surface area contributed by atoms with Crippen molar-refractivity contribution < 1.29 is 18.0 Å². The molecule has 0 heterocycles. The van der Waals surface area contributed by atoms with Crippen molar-refractivity contribution in [3.05, 3.63) is 93.5 Å². The molecule has 0 aliphatic heterocycles. The van der Waals surface area contributed by atoms with E-state index in [0.29, 0.717) is 34.3 Å². The minimum Gasteiger partial charge on any atom is -0.354 e. The second-order valence-electron chi connectivity index (χ2n) is 9.53. The van der Waals surface area contributed by atoms with E-state index >= 15 is 0 Å². The number of amides is 2. The largest absolute Gasteiger partial charge is 0.354 e. The SMILES string of the molecule is CCCNC(=O)C(CC)N(Cc1c(Cl)cccc1Cl)C(=O)CN(c1ccc(C)c(C)c1)S(=O)(=O)c1ccccc1. The number of anilines is 1. The highest BCUT2D eigenvalue weighted by molar-refractivity contribution is 7.92. The van der Waals surface area contributed by atoms with Crippen molar-refractivity contribution in [2.75, 3.05) is 17.4 Å². The second kappa shape index (κ2) is 14.0. The van der Waals surface area contributed by atoms with E-state index < -0.39 is 28.5 Å². The Hall–Kier alpha value is -3.07. The molecule has 0 fully saturated rings. The van der Waals surface area contributed by atoms with Crippen LogP contribution in [0.3, 0.4) is 0 Å². The van der Waals surface area contributed by atoms with Crippen LogP contribution in [0.4, 0.5) is 5.69 Å². The van der Waals surface area contributed by atoms with Gasteiger partial charge < -0.3 is 10.2 Å². The lowest BCUT2D eigenvalue weighted by molar-refractivity contribution is -0.140. The van der Waals surface area contributed by atoms with Crippen molar-refractivity contribution in [1.29, 1.82) is 0 Å². The summed E-state index contributed by atoms with van der Waals surface area (Å²) in [5, 5.41) is 3.55. The van der Waals surface area contributed by atoms with Crippen molar-refractivity contribution >= 4 is 50.7 Å². The van der Waals surface area contributed by atoms with Gasteiger partial charge in [-0.1, -0.05) is 67.4 Å². The molecule has 214 valence electrons. The minimum atomic E-state index is -4.14. The van der Waals surface area contributed by atoms with E-state index in [2.05, 4.69) is 5.32 Å². The lowest BCUT2D eigenvalue weighted by Gasteiger charge is -2.33. The molecular weight excluding hydrogens is 569 g/mol. The summed E-state index contributed by atoms with van der Waals surface area (Å²) in [6.07, 6.45) is 1.03. The highest BCUT2D eigenvalue weighted by atomic mass is 35.5. The normalized spacial score (nSPS) is 12.1. The molecule has 1 N–H and O–H groups in total. The third kappa shape index (κ3) is 7.36. The van der Waals surface area contributed by atoms with Crippen molar-refractivity contribution in [1.82, 2.24) is 10.2 Å². The number of benzene rings is 3. The topological polar surface area (TPSA) is 86.8 Å². The van der Waals surface area contributed by atoms with Gasteiger partial charge >= 0.3 is 0 Å². The molecule has 0 aromatic heterocycles. The summed E-state index contributed by atoms with van der Waals surface area (Å²) >= 11 is 12.9. The Labute approximate surface area is 247 Å². The number of rotatable bonds is 12. The van der Waals surface area contributed by atoms with Gasteiger partial charge in [0.05, 0.1) is 10.6 Å². The van der Waals surface area contributed by atoms with Crippen LogP contribution in [0.1, 0.15) is 43.4 Å². The maximum atomic E-state index is 14.1. The third-order valence-corrected chi connectivity index (χ3v) is 9.21. The van der Waals surface area contributed by atoms with Crippen molar-refractivity contribution in [2.24, 2.45) is 0 Å². The number of nitrogens with one attached hydrogen (secondary N) is 1. The predicted octanol–water partition coefficient (Wildman–Crippen LogP) is 6.14. The third-order valence-electron chi connectivity index (χ3n) is 6.71. The smallest absolute Gasteiger partial charge is 0.264 e. The van der Waals surface area contributed by atoms with Gasteiger partial charge in [-0.3, -0.25) is 13.9 Å². The first kappa shape index (κ1) is 31.5. The van der Waals surface area contributed by atoms with Gasteiger partial charge in [0.2, 0.25) is 11.8 Å². The Bertz CT molecular complexity index is 1430. The molecule has 3 aromatic carbocycles. The molecule has 1 atom stereocenters. The molecule has 0 saturated carbocycles. The maximum absolute atomic E-state index is 14.1. The Morgan fingerprint density at radius 3 is 2.12 bits per heavy atom. The summed E-state index contributed by atoms with van der Waals surface area (Å²) in [4.78, 5) is 28.7. The Kier molecular flexibility index (Phi) is 11.0. The number of carbonyl (C=O) groups excluding carboxylic acids is 2. The van der Waals surface area contributed by atoms with Gasteiger partial charge in [0, 0.05) is 28.7 Å². The second-order valence-corrected chi connectivity index (χ2v) is 12.2. The van der Waals surface area contributed by atoms with Gasteiger partial charge in [0.25, 0.3) is 10.0 Å². The van der Waals surface area contributed by atoms with Crippen LogP contribution in [-0.4, -0.2) is 44.3 Å². The van der Waals surface area contributed by atoms with Crippen LogP contribution < -0.4 is 9.62 Å². The first-order valence-corrected chi connectivity index (χ1v) is 15.4. The minimum absolute atomic E-state index is 0.0504. The zero-order valence-electron chi connectivity index (χ0n) is 23.2. The molecule has 3 rings (SSSR count). The van der Waals surface area contributed by atoms with Gasteiger partial charge in [-0.2, -0.15) is 0 Å². The molecule has 7 nitrogen and oxygen atoms in total. The Morgan fingerprint density at radius 2 is 1.55 bits per heavy atom. The number of sulfonamides is 1.